The predicted molar refractivity (Wildman–Crippen MR) is 103 cm³/mol. The second-order valence-electron chi connectivity index (χ2n) is 6.69. The zero-order chi connectivity index (χ0) is 18.6. The minimum Gasteiger partial charge on any atom is -0.443 e. The Labute approximate surface area is 163 Å². The summed E-state index contributed by atoms with van der Waals surface area (Å²) in [4.78, 5) is 23.4. The van der Waals surface area contributed by atoms with Gasteiger partial charge in [0.05, 0.1) is 6.20 Å². The van der Waals surface area contributed by atoms with Crippen molar-refractivity contribution in [3.63, 3.8) is 0 Å². The van der Waals surface area contributed by atoms with Crippen LogP contribution in [-0.2, 0) is 6.42 Å². The Hall–Kier alpha value is -2.66. The molecule has 1 atom stereocenters. The molecule has 27 heavy (non-hydrogen) atoms. The molecule has 1 amide bonds. The van der Waals surface area contributed by atoms with Gasteiger partial charge in [-0.3, -0.25) is 9.78 Å². The van der Waals surface area contributed by atoms with Gasteiger partial charge in [-0.15, -0.1) is 0 Å². The number of oxazole rings is 1. The van der Waals surface area contributed by atoms with Crippen LogP contribution in [0.25, 0.3) is 0 Å². The van der Waals surface area contributed by atoms with E-state index in [4.69, 9.17) is 16.0 Å². The number of hydrogen-bond acceptors (Lipinski definition) is 4. The van der Waals surface area contributed by atoms with Crippen LogP contribution in [0.5, 0.6) is 0 Å². The lowest BCUT2D eigenvalue weighted by Gasteiger charge is -2.33. The number of pyridine rings is 1. The Bertz CT molecular complexity index is 909. The van der Waals surface area contributed by atoms with Crippen molar-refractivity contribution in [2.45, 2.75) is 31.7 Å². The number of likely N-dealkylation sites (tertiary alicyclic amines) is 1. The van der Waals surface area contributed by atoms with Gasteiger partial charge in [-0.1, -0.05) is 29.8 Å². The van der Waals surface area contributed by atoms with Crippen LogP contribution in [0.15, 0.2) is 59.3 Å². The fraction of sp³-hybridized carbons (Fsp3) is 0.286. The van der Waals surface area contributed by atoms with Gasteiger partial charge >= 0.3 is 0 Å². The zero-order valence-electron chi connectivity index (χ0n) is 14.8. The Balaban J connectivity index is 1.53. The van der Waals surface area contributed by atoms with Crippen molar-refractivity contribution < 1.29 is 9.21 Å². The highest BCUT2D eigenvalue weighted by Crippen LogP contribution is 2.32. The molecule has 3 aromatic rings. The van der Waals surface area contributed by atoms with Crippen molar-refractivity contribution in [3.05, 3.63) is 82.8 Å². The molecular formula is C21H20ClN3O2. The second-order valence-corrected chi connectivity index (χ2v) is 7.13. The Kier molecular flexibility index (Phi) is 5.21. The van der Waals surface area contributed by atoms with Crippen LogP contribution < -0.4 is 0 Å². The van der Waals surface area contributed by atoms with Crippen LogP contribution in [0.1, 0.15) is 53.0 Å². The quantitative estimate of drug-likeness (QED) is 0.658. The normalized spacial score (nSPS) is 17.1. The van der Waals surface area contributed by atoms with Crippen molar-refractivity contribution in [2.75, 3.05) is 6.54 Å². The maximum Gasteiger partial charge on any atom is 0.273 e. The Morgan fingerprint density at radius 3 is 2.78 bits per heavy atom. The highest BCUT2D eigenvalue weighted by Gasteiger charge is 2.32. The molecule has 4 rings (SSSR count). The van der Waals surface area contributed by atoms with Gasteiger partial charge in [0.1, 0.15) is 17.5 Å². The van der Waals surface area contributed by atoms with Crippen molar-refractivity contribution in [1.29, 1.82) is 0 Å². The molecule has 0 unspecified atom stereocenters. The van der Waals surface area contributed by atoms with Gasteiger partial charge in [0.15, 0.2) is 0 Å². The van der Waals surface area contributed by atoms with Crippen LogP contribution >= 0.6 is 11.6 Å². The number of carbonyl (C=O) groups is 1. The highest BCUT2D eigenvalue weighted by molar-refractivity contribution is 6.30. The summed E-state index contributed by atoms with van der Waals surface area (Å²) >= 11 is 5.94. The van der Waals surface area contributed by atoms with Gasteiger partial charge in [-0.25, -0.2) is 4.98 Å². The number of nitrogens with zero attached hydrogens (tertiary/aromatic N) is 3. The van der Waals surface area contributed by atoms with Crippen LogP contribution in [0.4, 0.5) is 0 Å². The summed E-state index contributed by atoms with van der Waals surface area (Å²) in [5.74, 6) is 1.31. The molecule has 138 valence electrons. The number of rotatable bonds is 4. The fourth-order valence-corrected chi connectivity index (χ4v) is 3.56. The summed E-state index contributed by atoms with van der Waals surface area (Å²) in [5.41, 5.74) is 1.56. The van der Waals surface area contributed by atoms with E-state index in [1.165, 1.54) is 0 Å². The van der Waals surface area contributed by atoms with E-state index in [2.05, 4.69) is 9.97 Å². The van der Waals surface area contributed by atoms with Crippen molar-refractivity contribution >= 4 is 17.5 Å². The SMILES string of the molecule is O=C(c1ccccn1)N1CCCC[C@@H]1c1ncc(Cc2ccc(Cl)cc2)o1. The average Bonchev–Trinajstić information content (AvgIpc) is 3.18. The maximum atomic E-state index is 12.9. The zero-order valence-corrected chi connectivity index (χ0v) is 15.6. The van der Waals surface area contributed by atoms with Crippen LogP contribution in [-0.4, -0.2) is 27.3 Å². The first-order chi connectivity index (χ1) is 13.2. The molecule has 0 saturated carbocycles. The van der Waals surface area contributed by atoms with E-state index in [0.717, 1.165) is 30.6 Å². The standard InChI is InChI=1S/C21H20ClN3O2/c22-16-9-7-15(8-10-16)13-17-14-24-20(27-17)19-6-2-4-12-25(19)21(26)18-5-1-3-11-23-18/h1,3,5,7-11,14,19H,2,4,6,12-13H2/t19-/m1/s1. The molecule has 0 spiro atoms. The van der Waals surface area contributed by atoms with E-state index in [1.54, 1.807) is 18.5 Å². The van der Waals surface area contributed by atoms with Gasteiger partial charge in [-0.2, -0.15) is 0 Å². The summed E-state index contributed by atoms with van der Waals surface area (Å²) in [6.07, 6.45) is 6.91. The third-order valence-corrected chi connectivity index (χ3v) is 5.05. The first kappa shape index (κ1) is 17.7. The molecule has 1 saturated heterocycles. The minimum absolute atomic E-state index is 0.0715. The molecule has 0 radical (unpaired) electrons. The first-order valence-electron chi connectivity index (χ1n) is 9.12. The lowest BCUT2D eigenvalue weighted by molar-refractivity contribution is 0.0564. The number of piperidine rings is 1. The molecule has 0 aliphatic carbocycles. The molecule has 1 aromatic carbocycles. The van der Waals surface area contributed by atoms with E-state index in [-0.39, 0.29) is 11.9 Å². The third kappa shape index (κ3) is 4.03. The summed E-state index contributed by atoms with van der Waals surface area (Å²) in [7, 11) is 0. The maximum absolute atomic E-state index is 12.9. The lowest BCUT2D eigenvalue weighted by Crippen LogP contribution is -2.39. The molecule has 1 aliphatic rings. The molecule has 6 heteroatoms. The van der Waals surface area contributed by atoms with E-state index >= 15 is 0 Å². The second kappa shape index (κ2) is 7.92. The first-order valence-corrected chi connectivity index (χ1v) is 9.49. The molecule has 0 bridgehead atoms. The highest BCUT2D eigenvalue weighted by atomic mass is 35.5. The Morgan fingerprint density at radius 1 is 1.15 bits per heavy atom. The summed E-state index contributed by atoms with van der Waals surface area (Å²) in [5, 5.41) is 0.711. The van der Waals surface area contributed by atoms with Gasteiger partial charge in [0, 0.05) is 24.2 Å². The fourth-order valence-electron chi connectivity index (χ4n) is 3.43. The van der Waals surface area contributed by atoms with E-state index in [1.807, 2.05) is 41.3 Å². The van der Waals surface area contributed by atoms with Crippen molar-refractivity contribution in [2.24, 2.45) is 0 Å². The lowest BCUT2D eigenvalue weighted by atomic mass is 10.0. The van der Waals surface area contributed by atoms with Gasteiger partial charge < -0.3 is 9.32 Å². The van der Waals surface area contributed by atoms with E-state index in [9.17, 15) is 4.79 Å². The van der Waals surface area contributed by atoms with Crippen LogP contribution in [0.3, 0.4) is 0 Å². The summed E-state index contributed by atoms with van der Waals surface area (Å²) in [6, 6.07) is 12.9. The smallest absolute Gasteiger partial charge is 0.273 e. The molecule has 3 heterocycles. The molecule has 2 aromatic heterocycles. The van der Waals surface area contributed by atoms with Crippen LogP contribution in [0, 0.1) is 0 Å². The number of hydrogen-bond donors (Lipinski definition) is 0. The van der Waals surface area contributed by atoms with Gasteiger partial charge in [0.25, 0.3) is 5.91 Å². The number of amides is 1. The average molecular weight is 382 g/mol. The number of aromatic nitrogens is 2. The topological polar surface area (TPSA) is 59.2 Å². The van der Waals surface area contributed by atoms with Crippen LogP contribution in [0.2, 0.25) is 5.02 Å². The van der Waals surface area contributed by atoms with Gasteiger partial charge in [0.2, 0.25) is 5.89 Å². The van der Waals surface area contributed by atoms with Crippen molar-refractivity contribution in [1.82, 2.24) is 14.9 Å². The molecule has 1 aliphatic heterocycles. The molecular weight excluding hydrogens is 362 g/mol. The molecule has 5 nitrogen and oxygen atoms in total. The number of benzene rings is 1. The minimum atomic E-state index is -0.146. The number of carbonyl (C=O) groups excluding carboxylic acids is 1. The monoisotopic (exact) mass is 381 g/mol. The predicted octanol–water partition coefficient (Wildman–Crippen LogP) is 4.68. The third-order valence-electron chi connectivity index (χ3n) is 4.80. The van der Waals surface area contributed by atoms with E-state index in [0.29, 0.717) is 29.6 Å². The van der Waals surface area contributed by atoms with Crippen molar-refractivity contribution in [3.8, 4) is 0 Å². The largest absolute Gasteiger partial charge is 0.443 e. The summed E-state index contributed by atoms with van der Waals surface area (Å²) in [6.45, 7) is 0.689. The van der Waals surface area contributed by atoms with Gasteiger partial charge in [-0.05, 0) is 49.1 Å². The van der Waals surface area contributed by atoms with E-state index < -0.39 is 0 Å². The molecule has 1 fully saturated rings. The number of halogens is 1. The Morgan fingerprint density at radius 2 is 2.00 bits per heavy atom. The summed E-state index contributed by atoms with van der Waals surface area (Å²) < 4.78 is 6.02. The molecule has 0 N–H and O–H groups in total.